The summed E-state index contributed by atoms with van der Waals surface area (Å²) in [6, 6.07) is 13.2. The third-order valence-electron chi connectivity index (χ3n) is 6.60. The average molecular weight is 505 g/mol. The third-order valence-corrected chi connectivity index (χ3v) is 7.34. The van der Waals surface area contributed by atoms with E-state index in [4.69, 9.17) is 32.7 Å². The van der Waals surface area contributed by atoms with Crippen LogP contribution in [-0.2, 0) is 20.7 Å². The van der Waals surface area contributed by atoms with Gasteiger partial charge < -0.3 is 19.7 Å². The summed E-state index contributed by atoms with van der Waals surface area (Å²) < 4.78 is 11.1. The van der Waals surface area contributed by atoms with Gasteiger partial charge in [-0.3, -0.25) is 9.59 Å². The Hall–Kier alpha value is -2.28. The minimum Gasteiger partial charge on any atom is -0.484 e. The number of carbonyl (C=O) groups is 2. The lowest BCUT2D eigenvalue weighted by atomic mass is 9.38. The van der Waals surface area contributed by atoms with Crippen LogP contribution in [0.2, 0.25) is 10.0 Å². The Morgan fingerprint density at radius 1 is 1.03 bits per heavy atom. The minimum atomic E-state index is -0.184. The molecule has 0 radical (unpaired) electrons. The van der Waals surface area contributed by atoms with E-state index in [0.717, 1.165) is 31.4 Å². The van der Waals surface area contributed by atoms with E-state index in [1.165, 1.54) is 5.56 Å². The first kappa shape index (κ1) is 24.8. The molecule has 0 unspecified atom stereocenters. The van der Waals surface area contributed by atoms with Gasteiger partial charge in [-0.25, -0.2) is 0 Å². The molecule has 3 aliphatic carbocycles. The fourth-order valence-corrected chi connectivity index (χ4v) is 5.49. The van der Waals surface area contributed by atoms with E-state index in [1.54, 1.807) is 18.2 Å². The van der Waals surface area contributed by atoms with Crippen LogP contribution in [0.5, 0.6) is 5.75 Å². The molecule has 182 valence electrons. The molecule has 0 heterocycles. The second-order valence-corrected chi connectivity index (χ2v) is 10.6. The van der Waals surface area contributed by atoms with Crippen molar-refractivity contribution >= 4 is 40.6 Å². The van der Waals surface area contributed by atoms with E-state index in [1.807, 2.05) is 20.2 Å². The molecular weight excluding hydrogens is 475 g/mol. The maximum absolute atomic E-state index is 12.4. The molecular formula is C26H30Cl2N2O4. The topological polar surface area (TPSA) is 67.9 Å². The van der Waals surface area contributed by atoms with E-state index in [2.05, 4.69) is 28.4 Å². The molecule has 1 N–H and O–H groups in total. The molecule has 34 heavy (non-hydrogen) atoms. The highest BCUT2D eigenvalue weighted by molar-refractivity contribution is 6.42. The first-order chi connectivity index (χ1) is 16.2. The van der Waals surface area contributed by atoms with Crippen LogP contribution < -0.4 is 15.0 Å². The predicted octanol–water partition coefficient (Wildman–Crippen LogP) is 4.70. The molecule has 8 heteroatoms. The first-order valence-electron chi connectivity index (χ1n) is 11.4. The van der Waals surface area contributed by atoms with Crippen molar-refractivity contribution in [3.05, 3.63) is 58.1 Å². The summed E-state index contributed by atoms with van der Waals surface area (Å²) in [5, 5.41) is 3.89. The molecule has 2 aromatic rings. The molecule has 2 bridgehead atoms. The van der Waals surface area contributed by atoms with Crippen molar-refractivity contribution in [2.75, 3.05) is 38.8 Å². The Labute approximate surface area is 210 Å². The zero-order valence-corrected chi connectivity index (χ0v) is 21.0. The number of hydrogen-bond acceptors (Lipinski definition) is 5. The Bertz CT molecular complexity index is 1050. The van der Waals surface area contributed by atoms with Crippen molar-refractivity contribution in [2.45, 2.75) is 37.6 Å². The summed E-state index contributed by atoms with van der Waals surface area (Å²) in [6.07, 6.45) is 3.80. The van der Waals surface area contributed by atoms with Gasteiger partial charge in [0.1, 0.15) is 12.4 Å². The van der Waals surface area contributed by atoms with Crippen molar-refractivity contribution in [1.82, 2.24) is 5.32 Å². The molecule has 0 aromatic heterocycles. The highest BCUT2D eigenvalue weighted by Crippen LogP contribution is 2.68. The largest absolute Gasteiger partial charge is 0.484 e. The van der Waals surface area contributed by atoms with Crippen LogP contribution in [0.1, 0.15) is 31.2 Å². The molecule has 3 fully saturated rings. The zero-order valence-electron chi connectivity index (χ0n) is 19.5. The van der Waals surface area contributed by atoms with Gasteiger partial charge in [0.25, 0.3) is 5.91 Å². The number of carbonyl (C=O) groups excluding carboxylic acids is 2. The molecule has 0 atom stereocenters. The number of rotatable bonds is 12. The molecule has 2 aromatic carbocycles. The van der Waals surface area contributed by atoms with E-state index in [-0.39, 0.29) is 35.9 Å². The number of Topliss-reactive ketones (excluding diaryl/α,β-unsaturated/α-hetero) is 1. The number of hydrogen-bond donors (Lipinski definition) is 1. The van der Waals surface area contributed by atoms with Gasteiger partial charge in [0.15, 0.2) is 12.4 Å². The smallest absolute Gasteiger partial charge is 0.258 e. The van der Waals surface area contributed by atoms with Crippen LogP contribution in [-0.4, -0.2) is 51.1 Å². The maximum atomic E-state index is 12.4. The van der Waals surface area contributed by atoms with Gasteiger partial charge >= 0.3 is 0 Å². The summed E-state index contributed by atoms with van der Waals surface area (Å²) in [6.45, 7) is 0.581. The van der Waals surface area contributed by atoms with Gasteiger partial charge in [-0.15, -0.1) is 0 Å². The third kappa shape index (κ3) is 5.85. The van der Waals surface area contributed by atoms with Gasteiger partial charge in [0, 0.05) is 37.8 Å². The monoisotopic (exact) mass is 504 g/mol. The van der Waals surface area contributed by atoms with Crippen LogP contribution in [0, 0.1) is 5.41 Å². The first-order valence-corrected chi connectivity index (χ1v) is 12.2. The second kappa shape index (κ2) is 10.1. The Kier molecular flexibility index (Phi) is 7.41. The van der Waals surface area contributed by atoms with Crippen LogP contribution in [0.4, 0.5) is 5.69 Å². The van der Waals surface area contributed by atoms with Crippen LogP contribution in [0.3, 0.4) is 0 Å². The number of nitrogens with zero attached hydrogens (tertiary/aromatic N) is 1. The van der Waals surface area contributed by atoms with Crippen molar-refractivity contribution in [3.8, 4) is 5.75 Å². The normalized spacial score (nSPS) is 22.4. The van der Waals surface area contributed by atoms with Crippen LogP contribution in [0.15, 0.2) is 42.5 Å². The number of ether oxygens (including phenoxy) is 2. The summed E-state index contributed by atoms with van der Waals surface area (Å²) >= 11 is 11.9. The highest BCUT2D eigenvalue weighted by Gasteiger charge is 2.68. The predicted molar refractivity (Wildman–Crippen MR) is 134 cm³/mol. The minimum absolute atomic E-state index is 0.0261. The van der Waals surface area contributed by atoms with E-state index < -0.39 is 0 Å². The Morgan fingerprint density at radius 3 is 2.50 bits per heavy atom. The van der Waals surface area contributed by atoms with E-state index in [9.17, 15) is 9.59 Å². The molecule has 3 saturated carbocycles. The second-order valence-electron chi connectivity index (χ2n) is 9.81. The Morgan fingerprint density at radius 2 is 1.79 bits per heavy atom. The number of nitrogens with one attached hydrogen (secondary N) is 1. The number of anilines is 1. The maximum Gasteiger partial charge on any atom is 0.258 e. The van der Waals surface area contributed by atoms with Gasteiger partial charge in [0.2, 0.25) is 0 Å². The van der Waals surface area contributed by atoms with Crippen LogP contribution in [0.25, 0.3) is 0 Å². The quantitative estimate of drug-likeness (QED) is 0.424. The number of halogens is 2. The lowest BCUT2D eigenvalue weighted by Gasteiger charge is -2.70. The van der Waals surface area contributed by atoms with Gasteiger partial charge in [-0.2, -0.15) is 0 Å². The molecule has 1 amide bonds. The fourth-order valence-electron chi connectivity index (χ4n) is 5.20. The lowest BCUT2D eigenvalue weighted by molar-refractivity contribution is -0.174. The van der Waals surface area contributed by atoms with Crippen molar-refractivity contribution in [2.24, 2.45) is 5.41 Å². The van der Waals surface area contributed by atoms with Crippen molar-refractivity contribution < 1.29 is 19.1 Å². The molecule has 3 aliphatic rings. The zero-order chi connectivity index (χ0) is 24.3. The van der Waals surface area contributed by atoms with Gasteiger partial charge in [0.05, 0.1) is 16.7 Å². The van der Waals surface area contributed by atoms with Gasteiger partial charge in [-0.1, -0.05) is 35.3 Å². The van der Waals surface area contributed by atoms with Crippen LogP contribution >= 0.6 is 23.2 Å². The molecule has 0 spiro atoms. The summed E-state index contributed by atoms with van der Waals surface area (Å²) in [7, 11) is 4.03. The molecule has 0 saturated heterocycles. The van der Waals surface area contributed by atoms with Crippen molar-refractivity contribution in [3.63, 3.8) is 0 Å². The standard InChI is InChI=1S/C26H30Cl2N2O4/c1-30(2)19-5-3-4-18(10-19)8-9-33-13-20(31)12-25-15-26(16-25,17-25)29-24(32)14-34-21-6-7-22(27)23(28)11-21/h3-7,10-11H,8-9,12-17H2,1-2H3,(H,29,32). The molecule has 6 nitrogen and oxygen atoms in total. The van der Waals surface area contributed by atoms with Crippen molar-refractivity contribution in [1.29, 1.82) is 0 Å². The number of ketones is 1. The molecule has 0 aliphatic heterocycles. The summed E-state index contributed by atoms with van der Waals surface area (Å²) in [4.78, 5) is 26.8. The van der Waals surface area contributed by atoms with E-state index in [0.29, 0.717) is 28.8 Å². The Balaban J connectivity index is 1.11. The fraction of sp³-hybridized carbons (Fsp3) is 0.462. The highest BCUT2D eigenvalue weighted by atomic mass is 35.5. The SMILES string of the molecule is CN(C)c1cccc(CCOCC(=O)CC23CC(NC(=O)COc4ccc(Cl)c(Cl)c4)(C2)C3)c1. The summed E-state index contributed by atoms with van der Waals surface area (Å²) in [5.74, 6) is 0.451. The average Bonchev–Trinajstić information content (AvgIpc) is 2.75. The number of benzene rings is 2. The molecule has 5 rings (SSSR count). The summed E-state index contributed by atoms with van der Waals surface area (Å²) in [5.41, 5.74) is 2.19. The van der Waals surface area contributed by atoms with E-state index >= 15 is 0 Å². The lowest BCUT2D eigenvalue weighted by Crippen LogP contribution is -2.75. The number of amides is 1. The van der Waals surface area contributed by atoms with Gasteiger partial charge in [-0.05, 0) is 60.9 Å².